The fraction of sp³-hybridized carbons (Fsp3) is 0.185. The van der Waals surface area contributed by atoms with Crippen LogP contribution in [0, 0.1) is 6.92 Å². The second kappa shape index (κ2) is 8.93. The lowest BCUT2D eigenvalue weighted by atomic mass is 10.0. The first-order chi connectivity index (χ1) is 14.2. The van der Waals surface area contributed by atoms with Gasteiger partial charge in [0.1, 0.15) is 12.4 Å². The van der Waals surface area contributed by atoms with Gasteiger partial charge in [-0.15, -0.1) is 0 Å². The predicted octanol–water partition coefficient (Wildman–Crippen LogP) is 6.58. The van der Waals surface area contributed by atoms with Crippen molar-refractivity contribution < 1.29 is 4.74 Å². The monoisotopic (exact) mass is 381 g/mol. The molecule has 0 aliphatic heterocycles. The molecule has 2 nitrogen and oxygen atoms in total. The molecule has 4 aromatic rings. The highest BCUT2D eigenvalue weighted by Crippen LogP contribution is 2.29. The Kier molecular flexibility index (Phi) is 5.92. The molecule has 0 spiro atoms. The van der Waals surface area contributed by atoms with Crippen LogP contribution in [0.1, 0.15) is 35.2 Å². The maximum Gasteiger partial charge on any atom is 0.124 e. The summed E-state index contributed by atoms with van der Waals surface area (Å²) in [5.74, 6) is 0.944. The van der Waals surface area contributed by atoms with E-state index in [1.165, 1.54) is 33.0 Å². The molecule has 0 fully saturated rings. The Labute approximate surface area is 173 Å². The maximum atomic E-state index is 6.31. The van der Waals surface area contributed by atoms with Crippen molar-refractivity contribution in [3.63, 3.8) is 0 Å². The first-order valence-corrected chi connectivity index (χ1v) is 10.2. The summed E-state index contributed by atoms with van der Waals surface area (Å²) < 4.78 is 6.31. The lowest BCUT2D eigenvalue weighted by Gasteiger charge is -2.19. The molecule has 0 aliphatic rings. The number of hydrogen-bond acceptors (Lipinski definition) is 2. The van der Waals surface area contributed by atoms with Gasteiger partial charge in [-0.05, 0) is 47.4 Å². The van der Waals surface area contributed by atoms with Crippen LogP contribution in [0.5, 0.6) is 5.75 Å². The van der Waals surface area contributed by atoms with Crippen molar-refractivity contribution in [3.8, 4) is 5.75 Å². The Morgan fingerprint density at radius 2 is 1.52 bits per heavy atom. The first kappa shape index (κ1) is 19.2. The van der Waals surface area contributed by atoms with Crippen LogP contribution in [0.3, 0.4) is 0 Å². The van der Waals surface area contributed by atoms with Crippen LogP contribution in [0.4, 0.5) is 0 Å². The summed E-state index contributed by atoms with van der Waals surface area (Å²) >= 11 is 0. The third kappa shape index (κ3) is 4.49. The van der Waals surface area contributed by atoms with Gasteiger partial charge in [0, 0.05) is 18.2 Å². The molecule has 0 unspecified atom stereocenters. The Morgan fingerprint density at radius 1 is 0.793 bits per heavy atom. The minimum atomic E-state index is 0.263. The molecule has 0 aliphatic carbocycles. The highest BCUT2D eigenvalue weighted by molar-refractivity contribution is 5.87. The van der Waals surface area contributed by atoms with Crippen LogP contribution >= 0.6 is 0 Å². The second-order valence-electron chi connectivity index (χ2n) is 7.49. The van der Waals surface area contributed by atoms with Crippen molar-refractivity contribution in [1.29, 1.82) is 0 Å². The minimum Gasteiger partial charge on any atom is -0.489 e. The zero-order valence-electron chi connectivity index (χ0n) is 17.1. The van der Waals surface area contributed by atoms with E-state index in [4.69, 9.17) is 4.74 Å². The Bertz CT molecular complexity index is 1090. The molecule has 0 radical (unpaired) electrons. The topological polar surface area (TPSA) is 21.3 Å². The van der Waals surface area contributed by atoms with Gasteiger partial charge in [0.15, 0.2) is 0 Å². The maximum absolute atomic E-state index is 6.31. The lowest BCUT2D eigenvalue weighted by Crippen LogP contribution is -2.18. The van der Waals surface area contributed by atoms with Gasteiger partial charge in [0.25, 0.3) is 0 Å². The van der Waals surface area contributed by atoms with Gasteiger partial charge in [0.2, 0.25) is 0 Å². The van der Waals surface area contributed by atoms with Gasteiger partial charge in [-0.2, -0.15) is 0 Å². The average molecular weight is 382 g/mol. The number of rotatable bonds is 7. The van der Waals surface area contributed by atoms with Gasteiger partial charge in [-0.25, -0.2) is 0 Å². The number of aryl methyl sites for hydroxylation is 1. The van der Waals surface area contributed by atoms with E-state index in [1.807, 2.05) is 0 Å². The van der Waals surface area contributed by atoms with Crippen LogP contribution in [0.15, 0.2) is 91.0 Å². The Hall–Kier alpha value is -3.10. The van der Waals surface area contributed by atoms with E-state index in [9.17, 15) is 0 Å². The molecule has 0 bridgehead atoms. The number of fused-ring (bicyclic) bond motifs is 1. The quantitative estimate of drug-likeness (QED) is 0.390. The summed E-state index contributed by atoms with van der Waals surface area (Å²) in [5, 5.41) is 6.15. The Balaban J connectivity index is 1.59. The van der Waals surface area contributed by atoms with E-state index < -0.39 is 0 Å². The molecule has 4 aromatic carbocycles. The molecule has 0 heterocycles. The average Bonchev–Trinajstić information content (AvgIpc) is 2.77. The largest absolute Gasteiger partial charge is 0.489 e. The van der Waals surface area contributed by atoms with Gasteiger partial charge >= 0.3 is 0 Å². The van der Waals surface area contributed by atoms with Crippen molar-refractivity contribution in [2.75, 3.05) is 0 Å². The van der Waals surface area contributed by atoms with Crippen LogP contribution < -0.4 is 10.1 Å². The van der Waals surface area contributed by atoms with E-state index in [0.717, 1.165) is 12.3 Å². The number of benzene rings is 4. The smallest absolute Gasteiger partial charge is 0.124 e. The van der Waals surface area contributed by atoms with Crippen molar-refractivity contribution in [3.05, 3.63) is 113 Å². The van der Waals surface area contributed by atoms with Gasteiger partial charge < -0.3 is 10.1 Å². The molecule has 4 rings (SSSR count). The predicted molar refractivity (Wildman–Crippen MR) is 121 cm³/mol. The van der Waals surface area contributed by atoms with Gasteiger partial charge in [-0.3, -0.25) is 0 Å². The zero-order valence-corrected chi connectivity index (χ0v) is 17.1. The number of hydrogen-bond donors (Lipinski definition) is 1. The van der Waals surface area contributed by atoms with Crippen LogP contribution in [-0.4, -0.2) is 0 Å². The molecule has 2 heteroatoms. The third-order valence-electron chi connectivity index (χ3n) is 5.53. The summed E-state index contributed by atoms with van der Waals surface area (Å²) in [5.41, 5.74) is 4.97. The molecule has 0 saturated carbocycles. The summed E-state index contributed by atoms with van der Waals surface area (Å²) in [6, 6.07) is 32.0. The normalized spacial score (nSPS) is 12.1. The molecule has 0 aromatic heterocycles. The number of ether oxygens (including phenoxy) is 1. The highest BCUT2D eigenvalue weighted by atomic mass is 16.5. The molecule has 0 amide bonds. The van der Waals surface area contributed by atoms with Crippen molar-refractivity contribution in [2.24, 2.45) is 0 Å². The van der Waals surface area contributed by atoms with Crippen molar-refractivity contribution >= 4 is 10.8 Å². The van der Waals surface area contributed by atoms with Crippen molar-refractivity contribution in [2.45, 2.75) is 33.0 Å². The zero-order chi connectivity index (χ0) is 20.1. The third-order valence-corrected chi connectivity index (χ3v) is 5.53. The van der Waals surface area contributed by atoms with Crippen LogP contribution in [-0.2, 0) is 13.2 Å². The Morgan fingerprint density at radius 3 is 2.34 bits per heavy atom. The minimum absolute atomic E-state index is 0.263. The summed E-state index contributed by atoms with van der Waals surface area (Å²) in [7, 11) is 0. The number of nitrogens with one attached hydrogen (secondary N) is 1. The molecule has 1 N–H and O–H groups in total. The lowest BCUT2D eigenvalue weighted by molar-refractivity contribution is 0.301. The standard InChI is InChI=1S/C27H27NO/c1-20-10-6-7-14-24(20)19-29-27-17-16-23-13-8-9-15-25(23)26(27)18-28-21(2)22-11-4-3-5-12-22/h3-17,21,28H,18-19H2,1-2H3/t21-/m0/s1. The van der Waals surface area contributed by atoms with Crippen LogP contribution in [0.25, 0.3) is 10.8 Å². The van der Waals surface area contributed by atoms with E-state index in [0.29, 0.717) is 6.61 Å². The van der Waals surface area contributed by atoms with E-state index in [-0.39, 0.29) is 6.04 Å². The SMILES string of the molecule is Cc1ccccc1COc1ccc2ccccc2c1CN[C@@H](C)c1ccccc1. The molecule has 146 valence electrons. The highest BCUT2D eigenvalue weighted by Gasteiger charge is 2.12. The summed E-state index contributed by atoms with van der Waals surface area (Å²) in [6.45, 7) is 5.66. The van der Waals surface area contributed by atoms with Gasteiger partial charge in [0.05, 0.1) is 0 Å². The fourth-order valence-corrected chi connectivity index (χ4v) is 3.68. The molecule has 1 atom stereocenters. The van der Waals surface area contributed by atoms with E-state index in [1.54, 1.807) is 0 Å². The first-order valence-electron chi connectivity index (χ1n) is 10.2. The molecule has 0 saturated heterocycles. The second-order valence-corrected chi connectivity index (χ2v) is 7.49. The fourth-order valence-electron chi connectivity index (χ4n) is 3.68. The van der Waals surface area contributed by atoms with Gasteiger partial charge in [-0.1, -0.05) is 84.9 Å². The molecule has 29 heavy (non-hydrogen) atoms. The summed E-state index contributed by atoms with van der Waals surface area (Å²) in [6.07, 6.45) is 0. The van der Waals surface area contributed by atoms with E-state index >= 15 is 0 Å². The van der Waals surface area contributed by atoms with Crippen molar-refractivity contribution in [1.82, 2.24) is 5.32 Å². The summed E-state index contributed by atoms with van der Waals surface area (Å²) in [4.78, 5) is 0. The van der Waals surface area contributed by atoms with Crippen LogP contribution in [0.2, 0.25) is 0 Å². The van der Waals surface area contributed by atoms with E-state index in [2.05, 4.69) is 110 Å². The molecular weight excluding hydrogens is 354 g/mol. The molecular formula is C27H27NO.